The Bertz CT molecular complexity index is 457. The Labute approximate surface area is 116 Å². The summed E-state index contributed by atoms with van der Waals surface area (Å²) >= 11 is 1.59. The largest absolute Gasteiger partial charge is 0.481 e. The first-order valence-corrected chi connectivity index (χ1v) is 7.43. The van der Waals surface area contributed by atoms with Crippen molar-refractivity contribution in [2.75, 3.05) is 0 Å². The van der Waals surface area contributed by atoms with Crippen molar-refractivity contribution in [2.45, 2.75) is 32.7 Å². The van der Waals surface area contributed by atoms with Gasteiger partial charge in [0, 0.05) is 4.88 Å². The number of rotatable bonds is 4. The van der Waals surface area contributed by atoms with E-state index in [2.05, 4.69) is 5.32 Å². The van der Waals surface area contributed by atoms with E-state index in [0.717, 1.165) is 4.88 Å². The molecule has 5 heteroatoms. The average molecular weight is 281 g/mol. The molecular weight excluding hydrogens is 262 g/mol. The van der Waals surface area contributed by atoms with Gasteiger partial charge in [-0.25, -0.2) is 0 Å². The Balaban J connectivity index is 2.01. The van der Waals surface area contributed by atoms with E-state index in [1.54, 1.807) is 11.3 Å². The van der Waals surface area contributed by atoms with Gasteiger partial charge in [0.2, 0.25) is 5.91 Å². The number of carboxylic acids is 1. The molecule has 4 nitrogen and oxygen atoms in total. The van der Waals surface area contributed by atoms with Crippen LogP contribution in [0.1, 0.15) is 37.6 Å². The SMILES string of the molecule is CC1C[C@H](C(=O)N[C@@H](C)c2cccs2)[C@H](C(=O)O)C1. The van der Waals surface area contributed by atoms with Gasteiger partial charge in [0.15, 0.2) is 0 Å². The fourth-order valence-corrected chi connectivity index (χ4v) is 3.52. The highest BCUT2D eigenvalue weighted by Crippen LogP contribution is 2.37. The van der Waals surface area contributed by atoms with Crippen LogP contribution >= 0.6 is 11.3 Å². The zero-order valence-electron chi connectivity index (χ0n) is 11.1. The average Bonchev–Trinajstić information content (AvgIpc) is 2.96. The predicted molar refractivity (Wildman–Crippen MR) is 73.9 cm³/mol. The van der Waals surface area contributed by atoms with Crippen LogP contribution in [0.25, 0.3) is 0 Å². The summed E-state index contributed by atoms with van der Waals surface area (Å²) in [7, 11) is 0. The summed E-state index contributed by atoms with van der Waals surface area (Å²) in [5.41, 5.74) is 0. The standard InChI is InChI=1S/C14H19NO3S/c1-8-6-10(11(7-8)14(17)18)13(16)15-9(2)12-4-3-5-19-12/h3-5,8-11H,6-7H2,1-2H3,(H,15,16)(H,17,18)/t8?,9-,10-,11+/m0/s1. The van der Waals surface area contributed by atoms with Gasteiger partial charge in [-0.3, -0.25) is 9.59 Å². The molecule has 1 aromatic heterocycles. The van der Waals surface area contributed by atoms with Crippen molar-refractivity contribution in [1.29, 1.82) is 0 Å². The monoisotopic (exact) mass is 281 g/mol. The number of hydrogen-bond acceptors (Lipinski definition) is 3. The van der Waals surface area contributed by atoms with Crippen LogP contribution in [0.4, 0.5) is 0 Å². The Hall–Kier alpha value is -1.36. The number of carbonyl (C=O) groups is 2. The van der Waals surface area contributed by atoms with Crippen molar-refractivity contribution in [1.82, 2.24) is 5.32 Å². The number of hydrogen-bond donors (Lipinski definition) is 2. The maximum Gasteiger partial charge on any atom is 0.307 e. The summed E-state index contributed by atoms with van der Waals surface area (Å²) in [5.74, 6) is -1.61. The Morgan fingerprint density at radius 2 is 2.11 bits per heavy atom. The molecule has 1 aliphatic rings. The van der Waals surface area contributed by atoms with Gasteiger partial charge in [-0.1, -0.05) is 13.0 Å². The van der Waals surface area contributed by atoms with E-state index in [9.17, 15) is 14.7 Å². The highest BCUT2D eigenvalue weighted by atomic mass is 32.1. The van der Waals surface area contributed by atoms with Crippen molar-refractivity contribution in [2.24, 2.45) is 17.8 Å². The van der Waals surface area contributed by atoms with Gasteiger partial charge >= 0.3 is 5.97 Å². The lowest BCUT2D eigenvalue weighted by Crippen LogP contribution is -2.36. The lowest BCUT2D eigenvalue weighted by Gasteiger charge is -2.19. The minimum absolute atomic E-state index is 0.0575. The number of nitrogens with one attached hydrogen (secondary N) is 1. The molecule has 0 bridgehead atoms. The molecule has 1 aromatic rings. The lowest BCUT2D eigenvalue weighted by atomic mass is 9.95. The second kappa shape index (κ2) is 5.74. The predicted octanol–water partition coefficient (Wildman–Crippen LogP) is 2.67. The van der Waals surface area contributed by atoms with Crippen LogP contribution in [0.2, 0.25) is 0 Å². The molecule has 0 aromatic carbocycles. The fourth-order valence-electron chi connectivity index (χ4n) is 2.78. The summed E-state index contributed by atoms with van der Waals surface area (Å²) in [6.07, 6.45) is 1.26. The number of aliphatic carboxylic acids is 1. The van der Waals surface area contributed by atoms with Crippen molar-refractivity contribution in [3.63, 3.8) is 0 Å². The van der Waals surface area contributed by atoms with E-state index in [1.165, 1.54) is 0 Å². The maximum atomic E-state index is 12.2. The molecule has 0 spiro atoms. The topological polar surface area (TPSA) is 66.4 Å². The third-order valence-corrected chi connectivity index (χ3v) is 4.84. The second-order valence-corrected chi connectivity index (χ2v) is 6.35. The fraction of sp³-hybridized carbons (Fsp3) is 0.571. The van der Waals surface area contributed by atoms with Crippen LogP contribution in [0.15, 0.2) is 17.5 Å². The van der Waals surface area contributed by atoms with E-state index in [1.807, 2.05) is 31.4 Å². The highest BCUT2D eigenvalue weighted by molar-refractivity contribution is 7.10. The molecular formula is C14H19NO3S. The van der Waals surface area contributed by atoms with E-state index in [-0.39, 0.29) is 11.9 Å². The van der Waals surface area contributed by atoms with Crippen molar-refractivity contribution in [3.05, 3.63) is 22.4 Å². The van der Waals surface area contributed by atoms with Crippen molar-refractivity contribution >= 4 is 23.2 Å². The van der Waals surface area contributed by atoms with Crippen LogP contribution in [-0.2, 0) is 9.59 Å². The summed E-state index contributed by atoms with van der Waals surface area (Å²) in [6, 6.07) is 3.86. The molecule has 2 rings (SSSR count). The van der Waals surface area contributed by atoms with Crippen molar-refractivity contribution < 1.29 is 14.7 Å². The molecule has 1 saturated carbocycles. The zero-order chi connectivity index (χ0) is 14.0. The van der Waals surface area contributed by atoms with E-state index in [4.69, 9.17) is 0 Å². The number of thiophene rings is 1. The first-order chi connectivity index (χ1) is 8.99. The lowest BCUT2D eigenvalue weighted by molar-refractivity contribution is -0.146. The van der Waals surface area contributed by atoms with Crippen LogP contribution < -0.4 is 5.32 Å². The first kappa shape index (κ1) is 14.1. The third-order valence-electron chi connectivity index (χ3n) is 3.78. The summed E-state index contributed by atoms with van der Waals surface area (Å²) in [6.45, 7) is 3.93. The van der Waals surface area contributed by atoms with E-state index < -0.39 is 17.8 Å². The molecule has 104 valence electrons. The Kier molecular flexibility index (Phi) is 4.24. The van der Waals surface area contributed by atoms with Gasteiger partial charge in [0.05, 0.1) is 17.9 Å². The van der Waals surface area contributed by atoms with E-state index in [0.29, 0.717) is 18.8 Å². The molecule has 1 unspecified atom stereocenters. The molecule has 1 heterocycles. The highest BCUT2D eigenvalue weighted by Gasteiger charge is 2.41. The molecule has 1 aliphatic carbocycles. The molecule has 0 aliphatic heterocycles. The number of carboxylic acid groups (broad SMARTS) is 1. The summed E-state index contributed by atoms with van der Waals surface area (Å²) in [4.78, 5) is 24.5. The zero-order valence-corrected chi connectivity index (χ0v) is 11.9. The molecule has 4 atom stereocenters. The van der Waals surface area contributed by atoms with Gasteiger partial charge in [-0.15, -0.1) is 11.3 Å². The van der Waals surface area contributed by atoms with Gasteiger partial charge in [0.25, 0.3) is 0 Å². The molecule has 19 heavy (non-hydrogen) atoms. The maximum absolute atomic E-state index is 12.2. The summed E-state index contributed by atoms with van der Waals surface area (Å²) < 4.78 is 0. The smallest absolute Gasteiger partial charge is 0.307 e. The third kappa shape index (κ3) is 3.15. The van der Waals surface area contributed by atoms with Crippen LogP contribution in [0.5, 0.6) is 0 Å². The molecule has 1 amide bonds. The molecule has 0 saturated heterocycles. The van der Waals surface area contributed by atoms with Crippen molar-refractivity contribution in [3.8, 4) is 0 Å². The summed E-state index contributed by atoms with van der Waals surface area (Å²) in [5, 5.41) is 14.1. The van der Waals surface area contributed by atoms with Crippen LogP contribution in [0.3, 0.4) is 0 Å². The van der Waals surface area contributed by atoms with Gasteiger partial charge in [-0.2, -0.15) is 0 Å². The number of carbonyl (C=O) groups excluding carboxylic acids is 1. The van der Waals surface area contributed by atoms with Gasteiger partial charge in [0.1, 0.15) is 0 Å². The van der Waals surface area contributed by atoms with Gasteiger partial charge < -0.3 is 10.4 Å². The number of amides is 1. The Morgan fingerprint density at radius 1 is 1.42 bits per heavy atom. The first-order valence-electron chi connectivity index (χ1n) is 6.55. The quantitative estimate of drug-likeness (QED) is 0.891. The second-order valence-electron chi connectivity index (χ2n) is 5.37. The molecule has 1 fully saturated rings. The minimum Gasteiger partial charge on any atom is -0.481 e. The molecule has 0 radical (unpaired) electrons. The normalized spacial score (nSPS) is 28.0. The minimum atomic E-state index is -0.853. The Morgan fingerprint density at radius 3 is 2.68 bits per heavy atom. The van der Waals surface area contributed by atoms with Crippen LogP contribution in [-0.4, -0.2) is 17.0 Å². The van der Waals surface area contributed by atoms with Crippen LogP contribution in [0, 0.1) is 17.8 Å². The van der Waals surface area contributed by atoms with Gasteiger partial charge in [-0.05, 0) is 37.1 Å². The molecule has 2 N–H and O–H groups in total. The van der Waals surface area contributed by atoms with E-state index >= 15 is 0 Å².